The number of carbonyl (C=O) groups is 1. The van der Waals surface area contributed by atoms with Gasteiger partial charge in [0.25, 0.3) is 0 Å². The van der Waals surface area contributed by atoms with E-state index in [-0.39, 0.29) is 12.5 Å². The highest BCUT2D eigenvalue weighted by Crippen LogP contribution is 2.30. The SMILES string of the molecule is Cc1nn(CC(=O)Nc2cccc(Cl)c2Br)c(C)c1N. The van der Waals surface area contributed by atoms with E-state index in [1.807, 2.05) is 13.8 Å². The number of nitrogens with zero attached hydrogens (tertiary/aromatic N) is 2. The summed E-state index contributed by atoms with van der Waals surface area (Å²) in [7, 11) is 0. The fourth-order valence-electron chi connectivity index (χ4n) is 1.79. The third-order valence-electron chi connectivity index (χ3n) is 2.96. The number of hydrogen-bond donors (Lipinski definition) is 2. The summed E-state index contributed by atoms with van der Waals surface area (Å²) < 4.78 is 2.24. The third kappa shape index (κ3) is 2.96. The molecular weight excluding hydrogens is 344 g/mol. The van der Waals surface area contributed by atoms with Crippen molar-refractivity contribution in [1.29, 1.82) is 0 Å². The molecule has 0 spiro atoms. The van der Waals surface area contributed by atoms with E-state index in [9.17, 15) is 4.79 Å². The largest absolute Gasteiger partial charge is 0.396 e. The summed E-state index contributed by atoms with van der Waals surface area (Å²) in [6.07, 6.45) is 0. The molecule has 0 saturated carbocycles. The van der Waals surface area contributed by atoms with Gasteiger partial charge in [-0.1, -0.05) is 17.7 Å². The minimum atomic E-state index is -0.196. The van der Waals surface area contributed by atoms with Crippen molar-refractivity contribution >= 4 is 44.8 Å². The molecule has 0 unspecified atom stereocenters. The molecule has 1 heterocycles. The Morgan fingerprint density at radius 2 is 2.20 bits per heavy atom. The topological polar surface area (TPSA) is 72.9 Å². The molecule has 20 heavy (non-hydrogen) atoms. The van der Waals surface area contributed by atoms with Gasteiger partial charge in [-0.25, -0.2) is 0 Å². The van der Waals surface area contributed by atoms with Crippen molar-refractivity contribution in [1.82, 2.24) is 9.78 Å². The molecule has 7 heteroatoms. The smallest absolute Gasteiger partial charge is 0.246 e. The van der Waals surface area contributed by atoms with Crippen LogP contribution >= 0.6 is 27.5 Å². The Morgan fingerprint density at radius 3 is 2.80 bits per heavy atom. The van der Waals surface area contributed by atoms with E-state index >= 15 is 0 Å². The Bertz CT molecular complexity index is 669. The maximum atomic E-state index is 12.0. The number of aryl methyl sites for hydroxylation is 1. The monoisotopic (exact) mass is 356 g/mol. The molecule has 0 saturated heterocycles. The Hall–Kier alpha value is -1.53. The van der Waals surface area contributed by atoms with Gasteiger partial charge in [0.2, 0.25) is 5.91 Å². The minimum absolute atomic E-state index is 0.100. The van der Waals surface area contributed by atoms with E-state index in [1.165, 1.54) is 0 Å². The number of benzene rings is 1. The number of nitrogens with two attached hydrogens (primary N) is 1. The van der Waals surface area contributed by atoms with E-state index in [0.717, 1.165) is 11.4 Å². The van der Waals surface area contributed by atoms with Gasteiger partial charge in [0, 0.05) is 0 Å². The fourth-order valence-corrected chi connectivity index (χ4v) is 2.33. The molecule has 106 valence electrons. The van der Waals surface area contributed by atoms with Crippen LogP contribution in [0.15, 0.2) is 22.7 Å². The second kappa shape index (κ2) is 5.85. The zero-order valence-corrected chi connectivity index (χ0v) is 13.4. The molecule has 1 amide bonds. The molecule has 0 fully saturated rings. The zero-order valence-electron chi connectivity index (χ0n) is 11.1. The van der Waals surface area contributed by atoms with Crippen molar-refractivity contribution in [2.24, 2.45) is 0 Å². The number of amides is 1. The summed E-state index contributed by atoms with van der Waals surface area (Å²) in [4.78, 5) is 12.0. The predicted molar refractivity (Wildman–Crippen MR) is 83.9 cm³/mol. The van der Waals surface area contributed by atoms with Crippen molar-refractivity contribution in [3.63, 3.8) is 0 Å². The summed E-state index contributed by atoms with van der Waals surface area (Å²) in [6, 6.07) is 5.27. The molecule has 3 N–H and O–H groups in total. The second-order valence-electron chi connectivity index (χ2n) is 4.39. The fraction of sp³-hybridized carbons (Fsp3) is 0.231. The van der Waals surface area contributed by atoms with Crippen molar-refractivity contribution in [3.8, 4) is 0 Å². The molecule has 0 aliphatic rings. The van der Waals surface area contributed by atoms with Gasteiger partial charge < -0.3 is 11.1 Å². The highest BCUT2D eigenvalue weighted by molar-refractivity contribution is 9.10. The van der Waals surface area contributed by atoms with Crippen LogP contribution in [0.5, 0.6) is 0 Å². The Kier molecular flexibility index (Phi) is 4.35. The van der Waals surface area contributed by atoms with Crippen LogP contribution in [0, 0.1) is 13.8 Å². The van der Waals surface area contributed by atoms with Gasteiger partial charge in [0.1, 0.15) is 6.54 Å². The van der Waals surface area contributed by atoms with Crippen molar-refractivity contribution in [2.45, 2.75) is 20.4 Å². The van der Waals surface area contributed by atoms with E-state index in [0.29, 0.717) is 20.9 Å². The van der Waals surface area contributed by atoms with Crippen LogP contribution in [0.2, 0.25) is 5.02 Å². The minimum Gasteiger partial charge on any atom is -0.396 e. The number of aromatic nitrogens is 2. The van der Waals surface area contributed by atoms with E-state index in [4.69, 9.17) is 17.3 Å². The normalized spacial score (nSPS) is 10.6. The lowest BCUT2D eigenvalue weighted by Crippen LogP contribution is -2.20. The quantitative estimate of drug-likeness (QED) is 0.886. The first-order valence-electron chi connectivity index (χ1n) is 5.93. The molecule has 5 nitrogen and oxygen atoms in total. The highest BCUT2D eigenvalue weighted by Gasteiger charge is 2.13. The molecule has 2 rings (SSSR count). The Morgan fingerprint density at radius 1 is 1.50 bits per heavy atom. The Labute approximate surface area is 130 Å². The van der Waals surface area contributed by atoms with Crippen LogP contribution in [0.25, 0.3) is 0 Å². The highest BCUT2D eigenvalue weighted by atomic mass is 79.9. The van der Waals surface area contributed by atoms with Gasteiger partial charge in [-0.05, 0) is 41.9 Å². The number of halogens is 2. The molecule has 1 aromatic heterocycles. The molecule has 0 aliphatic carbocycles. The number of carbonyl (C=O) groups excluding carboxylic acids is 1. The molecule has 0 atom stereocenters. The van der Waals surface area contributed by atoms with Crippen molar-refractivity contribution in [3.05, 3.63) is 39.1 Å². The summed E-state index contributed by atoms with van der Waals surface area (Å²) in [5, 5.41) is 7.55. The van der Waals surface area contributed by atoms with Gasteiger partial charge in [0.05, 0.1) is 32.3 Å². The van der Waals surface area contributed by atoms with Crippen LogP contribution in [-0.2, 0) is 11.3 Å². The first kappa shape index (κ1) is 14.9. The van der Waals surface area contributed by atoms with Crippen LogP contribution < -0.4 is 11.1 Å². The lowest BCUT2D eigenvalue weighted by molar-refractivity contribution is -0.116. The summed E-state index contributed by atoms with van der Waals surface area (Å²) in [6.45, 7) is 3.74. The number of nitrogen functional groups attached to an aromatic ring is 1. The maximum Gasteiger partial charge on any atom is 0.246 e. The number of nitrogens with one attached hydrogen (secondary N) is 1. The average Bonchev–Trinajstić information content (AvgIpc) is 2.63. The molecule has 2 aromatic rings. The molecule has 0 aliphatic heterocycles. The molecule has 0 bridgehead atoms. The average molecular weight is 358 g/mol. The number of hydrogen-bond acceptors (Lipinski definition) is 3. The lowest BCUT2D eigenvalue weighted by atomic mass is 10.3. The molecular formula is C13H14BrClN4O. The third-order valence-corrected chi connectivity index (χ3v) is 4.35. The summed E-state index contributed by atoms with van der Waals surface area (Å²) in [5.74, 6) is -0.196. The van der Waals surface area contributed by atoms with Gasteiger partial charge >= 0.3 is 0 Å². The lowest BCUT2D eigenvalue weighted by Gasteiger charge is -2.09. The maximum absolute atomic E-state index is 12.0. The van der Waals surface area contributed by atoms with Crippen LogP contribution in [0.3, 0.4) is 0 Å². The summed E-state index contributed by atoms with van der Waals surface area (Å²) >= 11 is 9.31. The number of rotatable bonds is 3. The summed E-state index contributed by atoms with van der Waals surface area (Å²) in [5.41, 5.74) is 8.57. The van der Waals surface area contributed by atoms with Gasteiger partial charge in [-0.2, -0.15) is 5.10 Å². The van der Waals surface area contributed by atoms with Crippen LogP contribution in [0.4, 0.5) is 11.4 Å². The van der Waals surface area contributed by atoms with Gasteiger partial charge in [-0.15, -0.1) is 0 Å². The molecule has 0 radical (unpaired) electrons. The first-order valence-corrected chi connectivity index (χ1v) is 7.10. The van der Waals surface area contributed by atoms with Gasteiger partial charge in [0.15, 0.2) is 0 Å². The second-order valence-corrected chi connectivity index (χ2v) is 5.59. The number of anilines is 2. The molecule has 1 aromatic carbocycles. The van der Waals surface area contributed by atoms with Crippen LogP contribution in [0.1, 0.15) is 11.4 Å². The standard InChI is InChI=1S/C13H14BrClN4O/c1-7-13(16)8(2)19(18-7)6-11(20)17-10-5-3-4-9(15)12(10)14/h3-5H,6,16H2,1-2H3,(H,17,20). The van der Waals surface area contributed by atoms with Crippen LogP contribution in [-0.4, -0.2) is 15.7 Å². The van der Waals surface area contributed by atoms with E-state index in [2.05, 4.69) is 26.3 Å². The Balaban J connectivity index is 2.13. The van der Waals surface area contributed by atoms with Gasteiger partial charge in [-0.3, -0.25) is 9.48 Å². The zero-order chi connectivity index (χ0) is 14.9. The first-order chi connectivity index (χ1) is 9.40. The van der Waals surface area contributed by atoms with Crippen molar-refractivity contribution in [2.75, 3.05) is 11.1 Å². The predicted octanol–water partition coefficient (Wildman–Crippen LogP) is 3.14. The van der Waals surface area contributed by atoms with E-state index < -0.39 is 0 Å². The van der Waals surface area contributed by atoms with Crippen molar-refractivity contribution < 1.29 is 4.79 Å². The van der Waals surface area contributed by atoms with E-state index in [1.54, 1.807) is 22.9 Å².